The Morgan fingerprint density at radius 3 is 2.76 bits per heavy atom. The van der Waals surface area contributed by atoms with Crippen molar-refractivity contribution in [2.24, 2.45) is 0 Å². The average molecular weight is 236 g/mol. The fraction of sp³-hybridized carbons (Fsp3) is 0.385. The Balaban J connectivity index is 2.68. The molecule has 0 N–H and O–H groups in total. The van der Waals surface area contributed by atoms with E-state index in [1.807, 2.05) is 6.92 Å². The van der Waals surface area contributed by atoms with Gasteiger partial charge in [0.15, 0.2) is 6.29 Å². The molecule has 0 saturated carbocycles. The molecule has 0 radical (unpaired) electrons. The first-order chi connectivity index (χ1) is 8.20. The third kappa shape index (κ3) is 3.67. The maximum Gasteiger partial charge on any atom is 0.338 e. The Kier molecular flexibility index (Phi) is 5.36. The summed E-state index contributed by atoms with van der Waals surface area (Å²) in [6.45, 7) is 4.79. The fourth-order valence-electron chi connectivity index (χ4n) is 1.43. The first kappa shape index (κ1) is 13.4. The predicted molar refractivity (Wildman–Crippen MR) is 63.3 cm³/mol. The van der Waals surface area contributed by atoms with Gasteiger partial charge in [-0.2, -0.15) is 0 Å². The van der Waals surface area contributed by atoms with Gasteiger partial charge in [0, 0.05) is 12.2 Å². The third-order valence-electron chi connectivity index (χ3n) is 2.33. The minimum absolute atomic E-state index is 0.193. The van der Waals surface area contributed by atoms with Gasteiger partial charge in [-0.25, -0.2) is 4.79 Å². The molecule has 0 atom stereocenters. The lowest BCUT2D eigenvalue weighted by Crippen LogP contribution is -2.13. The number of aldehydes is 1. The highest BCUT2D eigenvalue weighted by Crippen LogP contribution is 2.13. The molecule has 1 aromatic rings. The van der Waals surface area contributed by atoms with Gasteiger partial charge < -0.3 is 9.47 Å². The van der Waals surface area contributed by atoms with Crippen molar-refractivity contribution in [3.8, 4) is 0 Å². The molecule has 0 amide bonds. The summed E-state index contributed by atoms with van der Waals surface area (Å²) < 4.78 is 10.1. The van der Waals surface area contributed by atoms with E-state index in [9.17, 15) is 9.59 Å². The van der Waals surface area contributed by atoms with Gasteiger partial charge in [-0.15, -0.1) is 0 Å². The van der Waals surface area contributed by atoms with E-state index in [0.29, 0.717) is 30.6 Å². The van der Waals surface area contributed by atoms with Crippen LogP contribution in [0.25, 0.3) is 0 Å². The quantitative estimate of drug-likeness (QED) is 0.430. The van der Waals surface area contributed by atoms with Crippen molar-refractivity contribution in [1.29, 1.82) is 0 Å². The Bertz CT molecular complexity index is 398. The Morgan fingerprint density at radius 1 is 1.35 bits per heavy atom. The van der Waals surface area contributed by atoms with E-state index in [4.69, 9.17) is 9.47 Å². The maximum absolute atomic E-state index is 11.7. The Labute approximate surface area is 101 Å². The second-order valence-corrected chi connectivity index (χ2v) is 3.49. The number of aryl methyl sites for hydroxylation is 1. The summed E-state index contributed by atoms with van der Waals surface area (Å²) >= 11 is 0. The summed E-state index contributed by atoms with van der Waals surface area (Å²) in [6.07, 6.45) is 0.675. The van der Waals surface area contributed by atoms with Crippen LogP contribution in [0.3, 0.4) is 0 Å². The molecule has 0 heterocycles. The molecule has 1 rings (SSSR count). The summed E-state index contributed by atoms with van der Waals surface area (Å²) in [5, 5.41) is 0. The molecule has 0 saturated heterocycles. The van der Waals surface area contributed by atoms with E-state index in [2.05, 4.69) is 0 Å². The molecule has 0 aliphatic carbocycles. The number of hydrogen-bond donors (Lipinski definition) is 0. The van der Waals surface area contributed by atoms with E-state index in [1.165, 1.54) is 0 Å². The topological polar surface area (TPSA) is 52.6 Å². The summed E-state index contributed by atoms with van der Waals surface area (Å²) in [6, 6.07) is 5.09. The molecule has 4 heteroatoms. The van der Waals surface area contributed by atoms with Crippen molar-refractivity contribution in [1.82, 2.24) is 0 Å². The van der Waals surface area contributed by atoms with Crippen LogP contribution in [0, 0.1) is 6.92 Å². The molecule has 0 aliphatic rings. The number of rotatable bonds is 6. The zero-order chi connectivity index (χ0) is 12.7. The summed E-state index contributed by atoms with van der Waals surface area (Å²) in [5.74, 6) is -0.490. The van der Waals surface area contributed by atoms with Crippen molar-refractivity contribution in [2.45, 2.75) is 13.8 Å². The number of carbonyl (C=O) groups excluding carboxylic acids is 2. The molecular formula is C13H16O4. The number of carbonyl (C=O) groups is 2. The van der Waals surface area contributed by atoms with Gasteiger partial charge in [0.1, 0.15) is 6.61 Å². The standard InChI is InChI=1S/C13H16O4/c1-3-16-7-8-17-13(15)11-6-4-5-10(2)12(11)9-14/h4-6,9H,3,7-8H2,1-2H3. The summed E-state index contributed by atoms with van der Waals surface area (Å²) in [4.78, 5) is 22.6. The van der Waals surface area contributed by atoms with E-state index in [1.54, 1.807) is 25.1 Å². The molecule has 1 aromatic carbocycles. The minimum atomic E-state index is -0.490. The Morgan fingerprint density at radius 2 is 2.12 bits per heavy atom. The Hall–Kier alpha value is -1.68. The molecule has 4 nitrogen and oxygen atoms in total. The normalized spacial score (nSPS) is 10.0. The molecule has 0 unspecified atom stereocenters. The second-order valence-electron chi connectivity index (χ2n) is 3.49. The lowest BCUT2D eigenvalue weighted by Gasteiger charge is -2.08. The maximum atomic E-state index is 11.7. The van der Waals surface area contributed by atoms with Gasteiger partial charge in [0.05, 0.1) is 12.2 Å². The minimum Gasteiger partial charge on any atom is -0.460 e. The van der Waals surface area contributed by atoms with Crippen LogP contribution in [0.1, 0.15) is 33.2 Å². The highest BCUT2D eigenvalue weighted by molar-refractivity contribution is 5.99. The van der Waals surface area contributed by atoms with E-state index >= 15 is 0 Å². The van der Waals surface area contributed by atoms with Crippen molar-refractivity contribution in [3.05, 3.63) is 34.9 Å². The number of esters is 1. The number of benzene rings is 1. The fourth-order valence-corrected chi connectivity index (χ4v) is 1.43. The van der Waals surface area contributed by atoms with E-state index in [-0.39, 0.29) is 6.61 Å². The average Bonchev–Trinajstić information content (AvgIpc) is 2.34. The SMILES string of the molecule is CCOCCOC(=O)c1cccc(C)c1C=O. The molecule has 0 aromatic heterocycles. The lowest BCUT2D eigenvalue weighted by atomic mass is 10.0. The third-order valence-corrected chi connectivity index (χ3v) is 2.33. The first-order valence-corrected chi connectivity index (χ1v) is 5.50. The van der Waals surface area contributed by atoms with Gasteiger partial charge in [-0.05, 0) is 25.5 Å². The second kappa shape index (κ2) is 6.81. The summed E-state index contributed by atoms with van der Waals surface area (Å²) in [7, 11) is 0. The van der Waals surface area contributed by atoms with Gasteiger partial charge >= 0.3 is 5.97 Å². The summed E-state index contributed by atoms with van der Waals surface area (Å²) in [5.41, 5.74) is 1.45. The molecule has 17 heavy (non-hydrogen) atoms. The first-order valence-electron chi connectivity index (χ1n) is 5.50. The van der Waals surface area contributed by atoms with Crippen LogP contribution in [0.4, 0.5) is 0 Å². The van der Waals surface area contributed by atoms with Crippen LogP contribution in [0.2, 0.25) is 0 Å². The van der Waals surface area contributed by atoms with Gasteiger partial charge in [-0.1, -0.05) is 12.1 Å². The van der Waals surface area contributed by atoms with E-state index in [0.717, 1.165) is 5.56 Å². The van der Waals surface area contributed by atoms with Crippen molar-refractivity contribution >= 4 is 12.3 Å². The van der Waals surface area contributed by atoms with Crippen LogP contribution in [-0.4, -0.2) is 32.1 Å². The molecule has 0 bridgehead atoms. The van der Waals surface area contributed by atoms with Crippen molar-refractivity contribution < 1.29 is 19.1 Å². The van der Waals surface area contributed by atoms with Crippen LogP contribution in [-0.2, 0) is 9.47 Å². The monoisotopic (exact) mass is 236 g/mol. The van der Waals surface area contributed by atoms with Crippen molar-refractivity contribution in [3.63, 3.8) is 0 Å². The highest BCUT2D eigenvalue weighted by Gasteiger charge is 2.13. The zero-order valence-electron chi connectivity index (χ0n) is 10.1. The molecule has 92 valence electrons. The molecule has 0 spiro atoms. The molecular weight excluding hydrogens is 220 g/mol. The van der Waals surface area contributed by atoms with Crippen LogP contribution in [0.15, 0.2) is 18.2 Å². The van der Waals surface area contributed by atoms with Gasteiger partial charge in [0.25, 0.3) is 0 Å². The number of ether oxygens (including phenoxy) is 2. The predicted octanol–water partition coefficient (Wildman–Crippen LogP) is 2.00. The molecule has 0 aliphatic heterocycles. The largest absolute Gasteiger partial charge is 0.460 e. The highest BCUT2D eigenvalue weighted by atomic mass is 16.6. The van der Waals surface area contributed by atoms with Crippen LogP contribution >= 0.6 is 0 Å². The zero-order valence-corrected chi connectivity index (χ0v) is 10.1. The number of hydrogen-bond acceptors (Lipinski definition) is 4. The van der Waals surface area contributed by atoms with Crippen LogP contribution < -0.4 is 0 Å². The lowest BCUT2D eigenvalue weighted by molar-refractivity contribution is 0.0334. The van der Waals surface area contributed by atoms with E-state index < -0.39 is 5.97 Å². The smallest absolute Gasteiger partial charge is 0.338 e. The molecule has 0 fully saturated rings. The van der Waals surface area contributed by atoms with Gasteiger partial charge in [-0.3, -0.25) is 4.79 Å². The van der Waals surface area contributed by atoms with Crippen LogP contribution in [0.5, 0.6) is 0 Å². The van der Waals surface area contributed by atoms with Gasteiger partial charge in [0.2, 0.25) is 0 Å². The van der Waals surface area contributed by atoms with Crippen molar-refractivity contribution in [2.75, 3.05) is 19.8 Å².